The molecular formula is C20H15BrN2O3. The third-order valence-electron chi connectivity index (χ3n) is 4.25. The molecule has 5 nitrogen and oxygen atoms in total. The molecule has 0 radical (unpaired) electrons. The molecular weight excluding hydrogens is 396 g/mol. The molecule has 1 amide bonds. The van der Waals surface area contributed by atoms with Crippen LogP contribution in [0.1, 0.15) is 16.1 Å². The van der Waals surface area contributed by atoms with Crippen LogP contribution in [-0.2, 0) is 0 Å². The van der Waals surface area contributed by atoms with Crippen molar-refractivity contribution in [3.05, 3.63) is 64.5 Å². The van der Waals surface area contributed by atoms with Gasteiger partial charge in [-0.15, -0.1) is 0 Å². The number of hydrogen-bond acceptors (Lipinski definition) is 4. The van der Waals surface area contributed by atoms with Crippen molar-refractivity contribution in [1.82, 2.24) is 4.98 Å². The molecule has 2 aromatic heterocycles. The van der Waals surface area contributed by atoms with Crippen molar-refractivity contribution in [1.29, 1.82) is 0 Å². The molecule has 26 heavy (non-hydrogen) atoms. The molecule has 0 unspecified atom stereocenters. The zero-order chi connectivity index (χ0) is 18.3. The average Bonchev–Trinajstić information content (AvgIpc) is 2.97. The number of aromatic nitrogens is 1. The summed E-state index contributed by atoms with van der Waals surface area (Å²) in [6.07, 6.45) is 1.62. The summed E-state index contributed by atoms with van der Waals surface area (Å²) >= 11 is 3.44. The SMILES string of the molecule is COc1ccc2cc(NC(=O)c3oc4ccc(Br)cc4c3C)cnc2c1. The van der Waals surface area contributed by atoms with Crippen LogP contribution in [-0.4, -0.2) is 18.0 Å². The van der Waals surface area contributed by atoms with E-state index in [1.54, 1.807) is 13.3 Å². The molecule has 0 aliphatic heterocycles. The first-order valence-corrected chi connectivity index (χ1v) is 8.78. The number of nitrogens with zero attached hydrogens (tertiary/aromatic N) is 1. The highest BCUT2D eigenvalue weighted by atomic mass is 79.9. The standard InChI is InChI=1S/C20H15BrN2O3/c1-11-16-8-13(21)4-6-18(16)26-19(11)20(24)23-14-7-12-3-5-15(25-2)9-17(12)22-10-14/h3-10H,1-2H3,(H,23,24). The van der Waals surface area contributed by atoms with E-state index in [1.165, 1.54) is 0 Å². The number of anilines is 1. The minimum absolute atomic E-state index is 0.299. The Morgan fingerprint density at radius 3 is 2.85 bits per heavy atom. The van der Waals surface area contributed by atoms with Gasteiger partial charge in [-0.2, -0.15) is 0 Å². The van der Waals surface area contributed by atoms with Crippen LogP contribution in [0.5, 0.6) is 5.75 Å². The number of rotatable bonds is 3. The maximum atomic E-state index is 12.7. The van der Waals surface area contributed by atoms with Gasteiger partial charge in [0.15, 0.2) is 5.76 Å². The fourth-order valence-electron chi connectivity index (χ4n) is 2.89. The number of hydrogen-bond donors (Lipinski definition) is 1. The number of amides is 1. The summed E-state index contributed by atoms with van der Waals surface area (Å²) in [5, 5.41) is 4.68. The van der Waals surface area contributed by atoms with Crippen LogP contribution in [0.2, 0.25) is 0 Å². The number of nitrogens with one attached hydrogen (secondary N) is 1. The number of methoxy groups -OCH3 is 1. The largest absolute Gasteiger partial charge is 0.497 e. The lowest BCUT2D eigenvalue weighted by atomic mass is 10.1. The topological polar surface area (TPSA) is 64.4 Å². The van der Waals surface area contributed by atoms with Gasteiger partial charge in [-0.1, -0.05) is 15.9 Å². The van der Waals surface area contributed by atoms with Crippen molar-refractivity contribution in [2.45, 2.75) is 6.92 Å². The van der Waals surface area contributed by atoms with Crippen LogP contribution in [0.4, 0.5) is 5.69 Å². The number of benzene rings is 2. The van der Waals surface area contributed by atoms with Crippen LogP contribution in [0.3, 0.4) is 0 Å². The number of pyridine rings is 1. The summed E-state index contributed by atoms with van der Waals surface area (Å²) < 4.78 is 11.9. The third-order valence-corrected chi connectivity index (χ3v) is 4.75. The quantitative estimate of drug-likeness (QED) is 0.496. The molecule has 6 heteroatoms. The van der Waals surface area contributed by atoms with Crippen molar-refractivity contribution in [2.75, 3.05) is 12.4 Å². The van der Waals surface area contributed by atoms with Crippen LogP contribution >= 0.6 is 15.9 Å². The first-order valence-electron chi connectivity index (χ1n) is 7.99. The van der Waals surface area contributed by atoms with Gasteiger partial charge in [-0.05, 0) is 43.3 Å². The average molecular weight is 411 g/mol. The number of halogens is 1. The second-order valence-corrected chi connectivity index (χ2v) is 6.85. The highest BCUT2D eigenvalue weighted by molar-refractivity contribution is 9.10. The lowest BCUT2D eigenvalue weighted by molar-refractivity contribution is 0.0998. The summed E-state index contributed by atoms with van der Waals surface area (Å²) in [4.78, 5) is 17.0. The Morgan fingerprint density at radius 2 is 2.04 bits per heavy atom. The fraction of sp³-hybridized carbons (Fsp3) is 0.100. The Kier molecular flexibility index (Phi) is 4.12. The Hall–Kier alpha value is -2.86. The molecule has 0 spiro atoms. The van der Waals surface area contributed by atoms with E-state index >= 15 is 0 Å². The monoisotopic (exact) mass is 410 g/mol. The van der Waals surface area contributed by atoms with Gasteiger partial charge >= 0.3 is 0 Å². The molecule has 1 N–H and O–H groups in total. The van der Waals surface area contributed by atoms with E-state index in [9.17, 15) is 4.79 Å². The van der Waals surface area contributed by atoms with Gasteiger partial charge < -0.3 is 14.5 Å². The smallest absolute Gasteiger partial charge is 0.291 e. The highest BCUT2D eigenvalue weighted by Gasteiger charge is 2.18. The Balaban J connectivity index is 1.65. The minimum Gasteiger partial charge on any atom is -0.497 e. The Bertz CT molecular complexity index is 1150. The number of fused-ring (bicyclic) bond motifs is 2. The number of furan rings is 1. The van der Waals surface area contributed by atoms with Crippen molar-refractivity contribution in [3.8, 4) is 5.75 Å². The molecule has 0 fully saturated rings. The molecule has 0 saturated heterocycles. The Morgan fingerprint density at radius 1 is 1.19 bits per heavy atom. The summed E-state index contributed by atoms with van der Waals surface area (Å²) in [7, 11) is 1.62. The fourth-order valence-corrected chi connectivity index (χ4v) is 3.26. The van der Waals surface area contributed by atoms with Gasteiger partial charge in [0.1, 0.15) is 11.3 Å². The Labute approximate surface area is 158 Å². The summed E-state index contributed by atoms with van der Waals surface area (Å²) in [6.45, 7) is 1.87. The van der Waals surface area contributed by atoms with Gasteiger partial charge in [0.2, 0.25) is 0 Å². The van der Waals surface area contributed by atoms with E-state index in [4.69, 9.17) is 9.15 Å². The van der Waals surface area contributed by atoms with Crippen molar-refractivity contribution < 1.29 is 13.9 Å². The van der Waals surface area contributed by atoms with Crippen LogP contribution in [0.25, 0.3) is 21.9 Å². The molecule has 0 aliphatic rings. The van der Waals surface area contributed by atoms with Gasteiger partial charge in [0.05, 0.1) is 24.5 Å². The molecule has 2 heterocycles. The molecule has 0 atom stereocenters. The first kappa shape index (κ1) is 16.6. The second-order valence-electron chi connectivity index (χ2n) is 5.93. The van der Waals surface area contributed by atoms with Crippen LogP contribution in [0, 0.1) is 6.92 Å². The van der Waals surface area contributed by atoms with E-state index in [1.807, 2.05) is 49.4 Å². The molecule has 0 bridgehead atoms. The maximum absolute atomic E-state index is 12.7. The van der Waals surface area contributed by atoms with Crippen LogP contribution in [0.15, 0.2) is 57.6 Å². The predicted molar refractivity (Wildman–Crippen MR) is 105 cm³/mol. The molecule has 130 valence electrons. The second kappa shape index (κ2) is 6.46. The number of carbonyl (C=O) groups excluding carboxylic acids is 1. The maximum Gasteiger partial charge on any atom is 0.291 e. The van der Waals surface area contributed by atoms with Gasteiger partial charge in [-0.25, -0.2) is 0 Å². The lowest BCUT2D eigenvalue weighted by Crippen LogP contribution is -2.12. The summed E-state index contributed by atoms with van der Waals surface area (Å²) in [5.41, 5.74) is 2.89. The number of aryl methyl sites for hydroxylation is 1. The molecule has 4 aromatic rings. The third kappa shape index (κ3) is 2.93. The normalized spacial score (nSPS) is 11.0. The minimum atomic E-state index is -0.301. The van der Waals surface area contributed by atoms with E-state index in [2.05, 4.69) is 26.2 Å². The highest BCUT2D eigenvalue weighted by Crippen LogP contribution is 2.29. The molecule has 4 rings (SSSR count). The predicted octanol–water partition coefficient (Wildman–Crippen LogP) is 5.31. The molecule has 0 aliphatic carbocycles. The van der Waals surface area contributed by atoms with Crippen molar-refractivity contribution in [2.24, 2.45) is 0 Å². The van der Waals surface area contributed by atoms with E-state index in [0.717, 1.165) is 32.1 Å². The summed E-state index contributed by atoms with van der Waals surface area (Å²) in [5.74, 6) is 0.739. The summed E-state index contributed by atoms with van der Waals surface area (Å²) in [6, 6.07) is 13.1. The first-order chi connectivity index (χ1) is 12.5. The van der Waals surface area contributed by atoms with Crippen molar-refractivity contribution in [3.63, 3.8) is 0 Å². The lowest BCUT2D eigenvalue weighted by Gasteiger charge is -2.06. The zero-order valence-electron chi connectivity index (χ0n) is 14.2. The van der Waals surface area contributed by atoms with E-state index in [-0.39, 0.29) is 5.91 Å². The molecule has 2 aromatic carbocycles. The number of carbonyl (C=O) groups is 1. The van der Waals surface area contributed by atoms with Gasteiger partial charge in [0, 0.05) is 26.9 Å². The van der Waals surface area contributed by atoms with Gasteiger partial charge in [0.25, 0.3) is 5.91 Å². The van der Waals surface area contributed by atoms with Gasteiger partial charge in [-0.3, -0.25) is 9.78 Å². The number of ether oxygens (including phenoxy) is 1. The zero-order valence-corrected chi connectivity index (χ0v) is 15.8. The van der Waals surface area contributed by atoms with E-state index in [0.29, 0.717) is 17.0 Å². The van der Waals surface area contributed by atoms with Crippen LogP contribution < -0.4 is 10.1 Å². The van der Waals surface area contributed by atoms with Crippen molar-refractivity contribution >= 4 is 49.4 Å². The molecule has 0 saturated carbocycles. The van der Waals surface area contributed by atoms with E-state index < -0.39 is 0 Å².